The number of fused-ring (bicyclic) bond motifs is 2. The normalized spacial score (nSPS) is 19.5. The molecule has 0 aliphatic carbocycles. The van der Waals surface area contributed by atoms with E-state index >= 15 is 0 Å². The Balaban J connectivity index is 1.36. The molecule has 0 radical (unpaired) electrons. The number of benzene rings is 3. The fourth-order valence-corrected chi connectivity index (χ4v) is 6.66. The summed E-state index contributed by atoms with van der Waals surface area (Å²) in [4.78, 5) is 14.4. The highest BCUT2D eigenvalue weighted by molar-refractivity contribution is 8.01. The summed E-state index contributed by atoms with van der Waals surface area (Å²) in [6.07, 6.45) is 1.54. The molecule has 1 unspecified atom stereocenters. The van der Waals surface area contributed by atoms with Gasteiger partial charge in [0.05, 0.1) is 5.25 Å². The maximum absolute atomic E-state index is 12.6. The largest absolute Gasteiger partial charge is 0.415 e. The Kier molecular flexibility index (Phi) is 5.21. The third kappa shape index (κ3) is 3.48. The van der Waals surface area contributed by atoms with Crippen LogP contribution in [-0.4, -0.2) is 24.1 Å². The highest BCUT2D eigenvalue weighted by Crippen LogP contribution is 2.61. The van der Waals surface area contributed by atoms with Crippen LogP contribution in [0.25, 0.3) is 0 Å². The summed E-state index contributed by atoms with van der Waals surface area (Å²) in [5, 5.41) is 1.03. The average Bonchev–Trinajstić information content (AvgIpc) is 3.09. The number of piperidine rings is 1. The zero-order valence-electron chi connectivity index (χ0n) is 16.5. The second-order valence-corrected chi connectivity index (χ2v) is 9.66. The lowest BCUT2D eigenvalue weighted by molar-refractivity contribution is 0.135. The van der Waals surface area contributed by atoms with E-state index in [-0.39, 0.29) is 16.1 Å². The molecule has 5 heteroatoms. The number of amides is 1. The molecule has 2 aliphatic rings. The van der Waals surface area contributed by atoms with Gasteiger partial charge in [0.2, 0.25) is 0 Å². The van der Waals surface area contributed by atoms with Crippen molar-refractivity contribution in [2.75, 3.05) is 13.1 Å². The molecular weight excluding hydrogens is 414 g/mol. The molecule has 2 aliphatic heterocycles. The minimum atomic E-state index is -0.269. The molecule has 152 valence electrons. The third-order valence-electron chi connectivity index (χ3n) is 6.04. The van der Waals surface area contributed by atoms with Crippen molar-refractivity contribution in [1.82, 2.24) is 4.90 Å². The van der Waals surface area contributed by atoms with Gasteiger partial charge in [0.25, 0.3) is 0 Å². The maximum atomic E-state index is 12.6. The van der Waals surface area contributed by atoms with Gasteiger partial charge in [-0.25, -0.2) is 4.79 Å². The number of para-hydroxylation sites is 1. The van der Waals surface area contributed by atoms with Crippen molar-refractivity contribution in [2.45, 2.75) is 22.8 Å². The SMILES string of the molecule is O=C(Oc1ccccc1)N1CCC2(CC1)SC(c1ccccc1Cl)c1ccccc12. The van der Waals surface area contributed by atoms with Gasteiger partial charge < -0.3 is 9.64 Å². The predicted molar refractivity (Wildman–Crippen MR) is 122 cm³/mol. The highest BCUT2D eigenvalue weighted by Gasteiger charge is 2.47. The van der Waals surface area contributed by atoms with Crippen molar-refractivity contribution in [2.24, 2.45) is 0 Å². The summed E-state index contributed by atoms with van der Waals surface area (Å²) in [6.45, 7) is 1.37. The lowest BCUT2D eigenvalue weighted by Crippen LogP contribution is -2.44. The number of hydrogen-bond donors (Lipinski definition) is 0. The van der Waals surface area contributed by atoms with Crippen LogP contribution >= 0.6 is 23.4 Å². The Labute approximate surface area is 186 Å². The Morgan fingerprint density at radius 1 is 0.900 bits per heavy atom. The van der Waals surface area contributed by atoms with Gasteiger partial charge in [-0.05, 0) is 47.7 Å². The number of likely N-dealkylation sites (tertiary alicyclic amines) is 1. The van der Waals surface area contributed by atoms with Crippen LogP contribution in [0.5, 0.6) is 5.75 Å². The molecular formula is C25H22ClNO2S. The van der Waals surface area contributed by atoms with Crippen molar-refractivity contribution in [3.05, 3.63) is 101 Å². The van der Waals surface area contributed by atoms with Gasteiger partial charge in [0.1, 0.15) is 5.75 Å². The zero-order chi connectivity index (χ0) is 20.6. The van der Waals surface area contributed by atoms with E-state index in [1.165, 1.54) is 16.7 Å². The molecule has 3 aromatic carbocycles. The summed E-state index contributed by atoms with van der Waals surface area (Å²) in [7, 11) is 0. The Hall–Kier alpha value is -2.43. The van der Waals surface area contributed by atoms with Crippen molar-refractivity contribution in [1.29, 1.82) is 0 Å². The number of halogens is 1. The van der Waals surface area contributed by atoms with Crippen LogP contribution in [0.1, 0.15) is 34.8 Å². The summed E-state index contributed by atoms with van der Waals surface area (Å²) < 4.78 is 5.55. The van der Waals surface area contributed by atoms with E-state index in [0.29, 0.717) is 18.8 Å². The lowest BCUT2D eigenvalue weighted by Gasteiger charge is -2.39. The van der Waals surface area contributed by atoms with Gasteiger partial charge in [-0.1, -0.05) is 72.3 Å². The van der Waals surface area contributed by atoms with Crippen LogP contribution in [0.4, 0.5) is 4.79 Å². The molecule has 0 N–H and O–H groups in total. The van der Waals surface area contributed by atoms with E-state index in [9.17, 15) is 4.79 Å². The first kappa shape index (κ1) is 19.5. The second-order valence-electron chi connectivity index (χ2n) is 7.77. The van der Waals surface area contributed by atoms with Crippen molar-refractivity contribution in [3.63, 3.8) is 0 Å². The molecule has 1 spiro atoms. The quantitative estimate of drug-likeness (QED) is 0.450. The monoisotopic (exact) mass is 435 g/mol. The first-order valence-electron chi connectivity index (χ1n) is 10.2. The van der Waals surface area contributed by atoms with Gasteiger partial charge in [0, 0.05) is 22.9 Å². The summed E-state index contributed by atoms with van der Waals surface area (Å²) in [5.41, 5.74) is 3.89. The zero-order valence-corrected chi connectivity index (χ0v) is 18.0. The molecule has 3 aromatic rings. The number of rotatable bonds is 2. The van der Waals surface area contributed by atoms with Gasteiger partial charge in [-0.15, -0.1) is 11.8 Å². The summed E-state index contributed by atoms with van der Waals surface area (Å²) >= 11 is 8.54. The molecule has 2 heterocycles. The van der Waals surface area contributed by atoms with Gasteiger partial charge in [-0.2, -0.15) is 0 Å². The van der Waals surface area contributed by atoms with Crippen molar-refractivity contribution < 1.29 is 9.53 Å². The van der Waals surface area contributed by atoms with E-state index in [2.05, 4.69) is 36.4 Å². The van der Waals surface area contributed by atoms with E-state index < -0.39 is 0 Å². The minimum Gasteiger partial charge on any atom is -0.410 e. The van der Waals surface area contributed by atoms with Gasteiger partial charge in [-0.3, -0.25) is 0 Å². The van der Waals surface area contributed by atoms with Crippen LogP contribution in [0, 0.1) is 0 Å². The molecule has 1 atom stereocenters. The summed E-state index contributed by atoms with van der Waals surface area (Å²) in [5.74, 6) is 0.585. The molecule has 1 fully saturated rings. The molecule has 5 rings (SSSR count). The first-order chi connectivity index (χ1) is 14.7. The molecule has 1 amide bonds. The smallest absolute Gasteiger partial charge is 0.410 e. The fraction of sp³-hybridized carbons (Fsp3) is 0.240. The van der Waals surface area contributed by atoms with Gasteiger partial charge in [0.15, 0.2) is 0 Å². The Bertz CT molecular complexity index is 1060. The van der Waals surface area contributed by atoms with E-state index in [0.717, 1.165) is 17.9 Å². The number of nitrogens with zero attached hydrogens (tertiary/aromatic N) is 1. The lowest BCUT2D eigenvalue weighted by atomic mass is 9.84. The molecule has 3 nitrogen and oxygen atoms in total. The molecule has 1 saturated heterocycles. The van der Waals surface area contributed by atoms with Crippen molar-refractivity contribution >= 4 is 29.5 Å². The fourth-order valence-electron chi connectivity index (χ4n) is 4.50. The molecule has 30 heavy (non-hydrogen) atoms. The molecule has 0 bridgehead atoms. The highest BCUT2D eigenvalue weighted by atomic mass is 35.5. The standard InChI is InChI=1S/C25H22ClNO2S/c26-22-13-7-5-11-20(22)23-19-10-4-6-12-21(19)25(30-23)14-16-27(17-15-25)24(28)29-18-8-2-1-3-9-18/h1-13,23H,14-17H2. The van der Waals surface area contributed by atoms with Crippen LogP contribution in [0.2, 0.25) is 5.02 Å². The number of hydrogen-bond acceptors (Lipinski definition) is 3. The molecule has 0 saturated carbocycles. The summed E-state index contributed by atoms with van der Waals surface area (Å²) in [6, 6.07) is 26.1. The van der Waals surface area contributed by atoms with Crippen LogP contribution in [0.15, 0.2) is 78.9 Å². The van der Waals surface area contributed by atoms with E-state index in [1.807, 2.05) is 47.0 Å². The molecule has 0 aromatic heterocycles. The number of carbonyl (C=O) groups is 1. The topological polar surface area (TPSA) is 29.5 Å². The maximum Gasteiger partial charge on any atom is 0.415 e. The van der Waals surface area contributed by atoms with Crippen LogP contribution in [-0.2, 0) is 4.75 Å². The number of thioether (sulfide) groups is 1. The first-order valence-corrected chi connectivity index (χ1v) is 11.5. The van der Waals surface area contributed by atoms with Crippen LogP contribution < -0.4 is 4.74 Å². The predicted octanol–water partition coefficient (Wildman–Crippen LogP) is 6.67. The Morgan fingerprint density at radius 2 is 1.53 bits per heavy atom. The van der Waals surface area contributed by atoms with Crippen LogP contribution in [0.3, 0.4) is 0 Å². The minimum absolute atomic E-state index is 0.00393. The number of ether oxygens (including phenoxy) is 1. The van der Waals surface area contributed by atoms with Crippen molar-refractivity contribution in [3.8, 4) is 5.75 Å². The Morgan fingerprint density at radius 3 is 2.27 bits per heavy atom. The number of carbonyl (C=O) groups excluding carboxylic acids is 1. The third-order valence-corrected chi connectivity index (χ3v) is 8.21. The van der Waals surface area contributed by atoms with E-state index in [1.54, 1.807) is 12.1 Å². The van der Waals surface area contributed by atoms with E-state index in [4.69, 9.17) is 16.3 Å². The second kappa shape index (κ2) is 8.01. The average molecular weight is 436 g/mol. The van der Waals surface area contributed by atoms with Gasteiger partial charge >= 0.3 is 6.09 Å².